The summed E-state index contributed by atoms with van der Waals surface area (Å²) < 4.78 is 0. The van der Waals surface area contributed by atoms with Crippen molar-refractivity contribution >= 4 is 29.3 Å². The van der Waals surface area contributed by atoms with E-state index in [2.05, 4.69) is 5.32 Å². The predicted molar refractivity (Wildman–Crippen MR) is 67.1 cm³/mol. The van der Waals surface area contributed by atoms with E-state index >= 15 is 0 Å². The minimum absolute atomic E-state index is 0.0840. The summed E-state index contributed by atoms with van der Waals surface area (Å²) >= 11 is 5.70. The minimum Gasteiger partial charge on any atom is -0.478 e. The first-order valence-electron chi connectivity index (χ1n) is 5.11. The molecule has 0 aliphatic carbocycles. The number of hydrogen-bond acceptors (Lipinski definition) is 3. The van der Waals surface area contributed by atoms with Crippen molar-refractivity contribution in [1.29, 1.82) is 0 Å². The van der Waals surface area contributed by atoms with Gasteiger partial charge in [0.25, 0.3) is 0 Å². The third kappa shape index (κ3) is 3.61. The molecule has 2 amide bonds. The number of carboxylic acids is 1. The zero-order chi connectivity index (χ0) is 13.7. The highest BCUT2D eigenvalue weighted by Gasteiger charge is 2.12. The van der Waals surface area contributed by atoms with Crippen molar-refractivity contribution in [2.45, 2.75) is 0 Å². The Morgan fingerprint density at radius 3 is 2.67 bits per heavy atom. The van der Waals surface area contributed by atoms with Gasteiger partial charge in [0.1, 0.15) is 0 Å². The Morgan fingerprint density at radius 1 is 1.44 bits per heavy atom. The monoisotopic (exact) mass is 272 g/mol. The third-order valence-electron chi connectivity index (χ3n) is 2.23. The van der Waals surface area contributed by atoms with Gasteiger partial charge in [-0.2, -0.15) is 0 Å². The average Bonchev–Trinajstić information content (AvgIpc) is 2.31. The van der Waals surface area contributed by atoms with Crippen molar-refractivity contribution in [3.8, 4) is 0 Å². The van der Waals surface area contributed by atoms with Crippen LogP contribution < -0.4 is 5.32 Å². The van der Waals surface area contributed by atoms with Gasteiger partial charge in [-0.15, -0.1) is 0 Å². The molecule has 0 atom stereocenters. The lowest BCUT2D eigenvalue weighted by Crippen LogP contribution is -2.33. The fraction of sp³-hybridized carbons (Fsp3) is 0.273. The van der Waals surface area contributed by atoms with Crippen LogP contribution in [0.25, 0.3) is 0 Å². The van der Waals surface area contributed by atoms with Crippen LogP contribution in [0.1, 0.15) is 10.4 Å². The zero-order valence-corrected chi connectivity index (χ0v) is 10.4. The second-order valence-corrected chi connectivity index (χ2v) is 3.98. The van der Waals surface area contributed by atoms with Crippen LogP contribution in [-0.4, -0.2) is 47.3 Å². The first kappa shape index (κ1) is 14.3. The Morgan fingerprint density at radius 2 is 2.11 bits per heavy atom. The zero-order valence-electron chi connectivity index (χ0n) is 9.68. The number of hydrogen-bond donors (Lipinski definition) is 3. The number of likely N-dealkylation sites (N-methyl/N-ethyl adjacent to an activating group) is 1. The van der Waals surface area contributed by atoms with E-state index in [-0.39, 0.29) is 23.7 Å². The number of nitrogens with zero attached hydrogens (tertiary/aromatic N) is 1. The second-order valence-electron chi connectivity index (χ2n) is 3.58. The Kier molecular flexibility index (Phi) is 4.94. The quantitative estimate of drug-likeness (QED) is 0.775. The molecule has 0 heterocycles. The number of anilines is 1. The Labute approximate surface area is 109 Å². The number of carbonyl (C=O) groups excluding carboxylic acids is 1. The van der Waals surface area contributed by atoms with E-state index in [4.69, 9.17) is 21.8 Å². The van der Waals surface area contributed by atoms with E-state index in [0.717, 1.165) is 0 Å². The van der Waals surface area contributed by atoms with Crippen molar-refractivity contribution in [2.75, 3.05) is 25.5 Å². The van der Waals surface area contributed by atoms with Gasteiger partial charge in [-0.3, -0.25) is 0 Å². The summed E-state index contributed by atoms with van der Waals surface area (Å²) in [4.78, 5) is 23.7. The van der Waals surface area contributed by atoms with Crippen molar-refractivity contribution in [2.24, 2.45) is 0 Å². The highest BCUT2D eigenvalue weighted by molar-refractivity contribution is 6.33. The number of carbonyl (C=O) groups is 2. The lowest BCUT2D eigenvalue weighted by atomic mass is 10.2. The second kappa shape index (κ2) is 6.23. The molecule has 0 bridgehead atoms. The van der Waals surface area contributed by atoms with Crippen molar-refractivity contribution in [3.05, 3.63) is 28.8 Å². The average molecular weight is 273 g/mol. The lowest BCUT2D eigenvalue weighted by molar-refractivity contribution is 0.0697. The number of aromatic carboxylic acids is 1. The van der Waals surface area contributed by atoms with Gasteiger partial charge in [-0.1, -0.05) is 11.6 Å². The summed E-state index contributed by atoms with van der Waals surface area (Å²) in [6, 6.07) is 3.73. The maximum absolute atomic E-state index is 11.6. The number of rotatable bonds is 4. The van der Waals surface area contributed by atoms with E-state index < -0.39 is 12.0 Å². The van der Waals surface area contributed by atoms with Gasteiger partial charge in [-0.05, 0) is 18.2 Å². The van der Waals surface area contributed by atoms with Gasteiger partial charge < -0.3 is 20.4 Å². The van der Waals surface area contributed by atoms with Crippen LogP contribution in [0.15, 0.2) is 18.2 Å². The van der Waals surface area contributed by atoms with Crippen molar-refractivity contribution in [3.63, 3.8) is 0 Å². The first-order chi connectivity index (χ1) is 8.45. The molecular weight excluding hydrogens is 260 g/mol. The number of carboxylic acid groups (broad SMARTS) is 1. The maximum atomic E-state index is 11.6. The summed E-state index contributed by atoms with van der Waals surface area (Å²) in [6.07, 6.45) is 0. The van der Waals surface area contributed by atoms with E-state index in [0.29, 0.717) is 5.69 Å². The summed E-state index contributed by atoms with van der Waals surface area (Å²) in [5, 5.41) is 20.2. The number of amides is 2. The molecule has 0 aliphatic rings. The maximum Gasteiger partial charge on any atom is 0.337 e. The third-order valence-corrected chi connectivity index (χ3v) is 2.56. The molecule has 98 valence electrons. The molecule has 0 spiro atoms. The highest BCUT2D eigenvalue weighted by atomic mass is 35.5. The van der Waals surface area contributed by atoms with Gasteiger partial charge >= 0.3 is 12.0 Å². The number of aliphatic hydroxyl groups is 1. The summed E-state index contributed by atoms with van der Waals surface area (Å²) in [5.74, 6) is -1.17. The minimum atomic E-state index is -1.17. The molecule has 1 rings (SSSR count). The van der Waals surface area contributed by atoms with Crippen molar-refractivity contribution in [1.82, 2.24) is 4.90 Å². The molecular formula is C11H13ClN2O4. The van der Waals surface area contributed by atoms with E-state index in [1.165, 1.54) is 30.1 Å². The normalized spacial score (nSPS) is 9.94. The molecule has 7 heteroatoms. The summed E-state index contributed by atoms with van der Waals surface area (Å²) in [6.45, 7) is 0.0378. The van der Waals surface area contributed by atoms with Crippen LogP contribution in [0.5, 0.6) is 0 Å². The molecule has 0 aromatic heterocycles. The van der Waals surface area contributed by atoms with E-state index in [1.807, 2.05) is 0 Å². The van der Waals surface area contributed by atoms with Crippen LogP contribution in [0.4, 0.5) is 10.5 Å². The largest absolute Gasteiger partial charge is 0.478 e. The smallest absolute Gasteiger partial charge is 0.337 e. The number of nitrogens with one attached hydrogen (secondary N) is 1. The number of urea groups is 1. The van der Waals surface area contributed by atoms with Gasteiger partial charge in [0.05, 0.1) is 17.2 Å². The van der Waals surface area contributed by atoms with Crippen LogP contribution >= 0.6 is 11.6 Å². The van der Waals surface area contributed by atoms with Crippen LogP contribution in [0.2, 0.25) is 5.02 Å². The van der Waals surface area contributed by atoms with Gasteiger partial charge in [0.15, 0.2) is 0 Å². The molecule has 6 nitrogen and oxygen atoms in total. The van der Waals surface area contributed by atoms with Gasteiger partial charge in [0.2, 0.25) is 0 Å². The molecule has 1 aromatic rings. The number of benzene rings is 1. The fourth-order valence-corrected chi connectivity index (χ4v) is 1.44. The predicted octanol–water partition coefficient (Wildman–Crippen LogP) is 1.49. The SMILES string of the molecule is CN(CCO)C(=O)Nc1ccc(Cl)c(C(=O)O)c1. The van der Waals surface area contributed by atoms with Crippen LogP contribution in [0.3, 0.4) is 0 Å². The summed E-state index contributed by atoms with van der Waals surface area (Å²) in [7, 11) is 1.51. The highest BCUT2D eigenvalue weighted by Crippen LogP contribution is 2.20. The molecule has 18 heavy (non-hydrogen) atoms. The number of halogens is 1. The number of aliphatic hydroxyl groups excluding tert-OH is 1. The summed E-state index contributed by atoms with van der Waals surface area (Å²) in [5.41, 5.74) is 0.242. The molecule has 0 saturated heterocycles. The fourth-order valence-electron chi connectivity index (χ4n) is 1.24. The Bertz CT molecular complexity index is 464. The molecule has 0 unspecified atom stereocenters. The van der Waals surface area contributed by atoms with E-state index in [1.54, 1.807) is 0 Å². The van der Waals surface area contributed by atoms with Crippen molar-refractivity contribution < 1.29 is 19.8 Å². The van der Waals surface area contributed by atoms with Crippen LogP contribution in [0, 0.1) is 0 Å². The molecule has 1 aromatic carbocycles. The first-order valence-corrected chi connectivity index (χ1v) is 5.49. The molecule has 0 radical (unpaired) electrons. The van der Waals surface area contributed by atoms with Gasteiger partial charge in [-0.25, -0.2) is 9.59 Å². The molecule has 3 N–H and O–H groups in total. The van der Waals surface area contributed by atoms with E-state index in [9.17, 15) is 9.59 Å². The van der Waals surface area contributed by atoms with Crippen LogP contribution in [-0.2, 0) is 0 Å². The standard InChI is InChI=1S/C11H13ClN2O4/c1-14(4-5-15)11(18)13-7-2-3-9(12)8(6-7)10(16)17/h2-3,6,15H,4-5H2,1H3,(H,13,18)(H,16,17). The lowest BCUT2D eigenvalue weighted by Gasteiger charge is -2.16. The molecule has 0 saturated carbocycles. The Balaban J connectivity index is 2.82. The molecule has 0 aliphatic heterocycles. The molecule has 0 fully saturated rings. The Hall–Kier alpha value is -1.79. The topological polar surface area (TPSA) is 89.9 Å². The van der Waals surface area contributed by atoms with Gasteiger partial charge in [0, 0.05) is 19.3 Å².